The highest BCUT2D eigenvalue weighted by Gasteiger charge is 2.19. The summed E-state index contributed by atoms with van der Waals surface area (Å²) in [6.07, 6.45) is 3.32. The smallest absolute Gasteiger partial charge is 0.191 e. The Balaban J connectivity index is 2.27. The van der Waals surface area contributed by atoms with Crippen molar-refractivity contribution in [1.82, 2.24) is 20.0 Å². The minimum absolute atomic E-state index is 0.211. The zero-order valence-electron chi connectivity index (χ0n) is 12.6. The van der Waals surface area contributed by atoms with Crippen LogP contribution >= 0.6 is 0 Å². The van der Waals surface area contributed by atoms with E-state index in [-0.39, 0.29) is 5.69 Å². The van der Waals surface area contributed by atoms with Gasteiger partial charge in [-0.15, -0.1) is 5.10 Å². The zero-order valence-corrected chi connectivity index (χ0v) is 12.6. The molecule has 2 heterocycles. The van der Waals surface area contributed by atoms with E-state index in [4.69, 9.17) is 9.47 Å². The SMILES string of the molecule is COc1ccc(OC)c(-n2nnc(C#N)c2-c2cccnc2)c1. The van der Waals surface area contributed by atoms with Gasteiger partial charge in [0.15, 0.2) is 5.69 Å². The molecule has 0 aliphatic carbocycles. The quantitative estimate of drug-likeness (QED) is 0.734. The lowest BCUT2D eigenvalue weighted by molar-refractivity contribution is 0.400. The first kappa shape index (κ1) is 14.5. The molecule has 3 rings (SSSR count). The molecule has 23 heavy (non-hydrogen) atoms. The molecule has 0 bridgehead atoms. The van der Waals surface area contributed by atoms with Gasteiger partial charge in [-0.2, -0.15) is 5.26 Å². The van der Waals surface area contributed by atoms with Crippen LogP contribution in [0.25, 0.3) is 16.9 Å². The average Bonchev–Trinajstić information content (AvgIpc) is 3.05. The third-order valence-corrected chi connectivity index (χ3v) is 3.33. The van der Waals surface area contributed by atoms with Gasteiger partial charge in [0, 0.05) is 24.0 Å². The van der Waals surface area contributed by atoms with Crippen LogP contribution in [0.2, 0.25) is 0 Å². The van der Waals surface area contributed by atoms with Crippen LogP contribution in [0.4, 0.5) is 0 Å². The Bertz CT molecular complexity index is 868. The number of methoxy groups -OCH3 is 2. The predicted octanol–water partition coefficient (Wildman–Crippen LogP) is 2.22. The van der Waals surface area contributed by atoms with Gasteiger partial charge < -0.3 is 9.47 Å². The van der Waals surface area contributed by atoms with E-state index in [0.717, 1.165) is 5.56 Å². The van der Waals surface area contributed by atoms with Gasteiger partial charge in [-0.1, -0.05) is 5.21 Å². The molecule has 0 atom stereocenters. The fraction of sp³-hybridized carbons (Fsp3) is 0.125. The first-order valence-electron chi connectivity index (χ1n) is 6.77. The van der Waals surface area contributed by atoms with E-state index in [1.807, 2.05) is 6.07 Å². The number of nitriles is 1. The maximum absolute atomic E-state index is 9.33. The van der Waals surface area contributed by atoms with Gasteiger partial charge in [0.2, 0.25) is 0 Å². The molecule has 0 radical (unpaired) electrons. The lowest BCUT2D eigenvalue weighted by Crippen LogP contribution is -2.03. The largest absolute Gasteiger partial charge is 0.497 e. The first-order chi connectivity index (χ1) is 11.3. The molecular formula is C16H13N5O2. The maximum atomic E-state index is 9.33. The Morgan fingerprint density at radius 2 is 2.04 bits per heavy atom. The molecule has 0 amide bonds. The molecule has 0 unspecified atom stereocenters. The number of pyridine rings is 1. The van der Waals surface area contributed by atoms with Gasteiger partial charge in [-0.05, 0) is 24.3 Å². The third-order valence-electron chi connectivity index (χ3n) is 3.33. The average molecular weight is 307 g/mol. The van der Waals surface area contributed by atoms with Gasteiger partial charge in [0.05, 0.1) is 14.2 Å². The van der Waals surface area contributed by atoms with Crippen molar-refractivity contribution < 1.29 is 9.47 Å². The molecule has 1 aromatic carbocycles. The topological polar surface area (TPSA) is 85.9 Å². The minimum Gasteiger partial charge on any atom is -0.497 e. The molecule has 0 spiro atoms. The van der Waals surface area contributed by atoms with Crippen molar-refractivity contribution in [3.63, 3.8) is 0 Å². The minimum atomic E-state index is 0.211. The standard InChI is InChI=1S/C16H13N5O2/c1-22-12-5-6-15(23-2)14(8-12)21-16(13(9-17)19-20-21)11-4-3-7-18-10-11/h3-8,10H,1-2H3. The molecule has 114 valence electrons. The summed E-state index contributed by atoms with van der Waals surface area (Å²) in [5, 5.41) is 17.4. The van der Waals surface area contributed by atoms with E-state index in [9.17, 15) is 5.26 Å². The van der Waals surface area contributed by atoms with Crippen LogP contribution in [0.1, 0.15) is 5.69 Å². The monoisotopic (exact) mass is 307 g/mol. The summed E-state index contributed by atoms with van der Waals surface area (Å²) >= 11 is 0. The highest BCUT2D eigenvalue weighted by atomic mass is 16.5. The Hall–Kier alpha value is -3.40. The summed E-state index contributed by atoms with van der Waals surface area (Å²) in [5.74, 6) is 1.23. The van der Waals surface area contributed by atoms with Crippen molar-refractivity contribution in [3.8, 4) is 34.5 Å². The molecule has 0 saturated heterocycles. The second-order valence-electron chi connectivity index (χ2n) is 4.59. The van der Waals surface area contributed by atoms with E-state index < -0.39 is 0 Å². The summed E-state index contributed by atoms with van der Waals surface area (Å²) in [7, 11) is 3.15. The van der Waals surface area contributed by atoms with Crippen LogP contribution in [0.5, 0.6) is 11.5 Å². The molecule has 0 fully saturated rings. The molecule has 2 aromatic heterocycles. The number of nitrogens with zero attached hydrogens (tertiary/aromatic N) is 5. The Kier molecular flexibility index (Phi) is 3.89. The zero-order chi connectivity index (χ0) is 16.2. The highest BCUT2D eigenvalue weighted by Crippen LogP contribution is 2.31. The molecule has 0 aliphatic heterocycles. The Morgan fingerprint density at radius 3 is 2.70 bits per heavy atom. The summed E-state index contributed by atoms with van der Waals surface area (Å²) < 4.78 is 12.2. The lowest BCUT2D eigenvalue weighted by Gasteiger charge is -2.12. The van der Waals surface area contributed by atoms with Gasteiger partial charge in [-0.3, -0.25) is 4.98 Å². The summed E-state index contributed by atoms with van der Waals surface area (Å²) in [6, 6.07) is 11.0. The van der Waals surface area contributed by atoms with Gasteiger partial charge in [-0.25, -0.2) is 4.68 Å². The van der Waals surface area contributed by atoms with E-state index in [0.29, 0.717) is 22.9 Å². The molecule has 0 aliphatic rings. The van der Waals surface area contributed by atoms with E-state index in [1.165, 1.54) is 0 Å². The van der Waals surface area contributed by atoms with Crippen molar-refractivity contribution in [2.45, 2.75) is 0 Å². The van der Waals surface area contributed by atoms with Gasteiger partial charge in [0.1, 0.15) is 28.9 Å². The molecule has 3 aromatic rings. The number of ether oxygens (including phenoxy) is 2. The second-order valence-corrected chi connectivity index (χ2v) is 4.59. The Labute approximate surface area is 132 Å². The third kappa shape index (κ3) is 2.58. The number of benzene rings is 1. The fourth-order valence-corrected chi connectivity index (χ4v) is 2.25. The molecule has 7 heteroatoms. The fourth-order valence-electron chi connectivity index (χ4n) is 2.25. The van der Waals surface area contributed by atoms with Crippen LogP contribution in [-0.2, 0) is 0 Å². The number of hydrogen-bond acceptors (Lipinski definition) is 6. The summed E-state index contributed by atoms with van der Waals surface area (Å²) in [4.78, 5) is 4.09. The van der Waals surface area contributed by atoms with Gasteiger partial charge in [0.25, 0.3) is 0 Å². The van der Waals surface area contributed by atoms with Crippen molar-refractivity contribution in [1.29, 1.82) is 5.26 Å². The second kappa shape index (κ2) is 6.15. The van der Waals surface area contributed by atoms with Crippen molar-refractivity contribution in [2.75, 3.05) is 14.2 Å². The van der Waals surface area contributed by atoms with Crippen molar-refractivity contribution >= 4 is 0 Å². The molecular weight excluding hydrogens is 294 g/mol. The molecule has 0 saturated carbocycles. The van der Waals surface area contributed by atoms with Gasteiger partial charge >= 0.3 is 0 Å². The highest BCUT2D eigenvalue weighted by molar-refractivity contribution is 5.67. The van der Waals surface area contributed by atoms with Crippen LogP contribution in [0.15, 0.2) is 42.7 Å². The van der Waals surface area contributed by atoms with E-state index in [2.05, 4.69) is 21.4 Å². The van der Waals surface area contributed by atoms with Crippen LogP contribution in [0, 0.1) is 11.3 Å². The van der Waals surface area contributed by atoms with Crippen LogP contribution in [0.3, 0.4) is 0 Å². The number of hydrogen-bond donors (Lipinski definition) is 0. The maximum Gasteiger partial charge on any atom is 0.191 e. The number of rotatable bonds is 4. The van der Waals surface area contributed by atoms with Crippen LogP contribution < -0.4 is 9.47 Å². The lowest BCUT2D eigenvalue weighted by atomic mass is 10.1. The normalized spacial score (nSPS) is 10.1. The molecule has 7 nitrogen and oxygen atoms in total. The van der Waals surface area contributed by atoms with E-state index in [1.54, 1.807) is 55.6 Å². The molecule has 0 N–H and O–H groups in total. The van der Waals surface area contributed by atoms with Crippen molar-refractivity contribution in [3.05, 3.63) is 48.4 Å². The van der Waals surface area contributed by atoms with Crippen molar-refractivity contribution in [2.24, 2.45) is 0 Å². The Morgan fingerprint density at radius 1 is 1.17 bits per heavy atom. The van der Waals surface area contributed by atoms with Crippen LogP contribution in [-0.4, -0.2) is 34.2 Å². The predicted molar refractivity (Wildman–Crippen MR) is 82.4 cm³/mol. The first-order valence-corrected chi connectivity index (χ1v) is 6.77. The summed E-state index contributed by atoms with van der Waals surface area (Å²) in [5.41, 5.74) is 2.12. The number of aromatic nitrogens is 4. The van der Waals surface area contributed by atoms with E-state index >= 15 is 0 Å². The summed E-state index contributed by atoms with van der Waals surface area (Å²) in [6.45, 7) is 0.